The summed E-state index contributed by atoms with van der Waals surface area (Å²) < 4.78 is 7.21. The topological polar surface area (TPSA) is 34.2 Å². The highest BCUT2D eigenvalue weighted by molar-refractivity contribution is 9.10. The fourth-order valence-corrected chi connectivity index (χ4v) is 3.22. The van der Waals surface area contributed by atoms with Crippen LogP contribution in [0.3, 0.4) is 0 Å². The Balaban J connectivity index is 2.00. The number of nitrogens with zero attached hydrogens (tertiary/aromatic N) is 1. The van der Waals surface area contributed by atoms with Crippen LogP contribution in [0, 0.1) is 11.8 Å². The van der Waals surface area contributed by atoms with Crippen molar-refractivity contribution >= 4 is 15.9 Å². The minimum atomic E-state index is 0.325. The lowest BCUT2D eigenvalue weighted by Crippen LogP contribution is -2.26. The Hall–Kier alpha value is -0.610. The molecule has 2 rings (SSSR count). The first kappa shape index (κ1) is 16.8. The van der Waals surface area contributed by atoms with Gasteiger partial charge in [0.15, 0.2) is 0 Å². The molecule has 1 fully saturated rings. The molecule has 118 valence electrons. The summed E-state index contributed by atoms with van der Waals surface area (Å²) >= 11 is 3.51. The minimum Gasteiger partial charge on any atom is -0.474 e. The van der Waals surface area contributed by atoms with Gasteiger partial charge in [0.05, 0.1) is 0 Å². The summed E-state index contributed by atoms with van der Waals surface area (Å²) in [5.41, 5.74) is 1.14. The van der Waals surface area contributed by atoms with Crippen LogP contribution in [0.25, 0.3) is 0 Å². The molecule has 0 amide bonds. The van der Waals surface area contributed by atoms with Crippen molar-refractivity contribution in [3.8, 4) is 5.88 Å². The Labute approximate surface area is 137 Å². The van der Waals surface area contributed by atoms with E-state index in [-0.39, 0.29) is 0 Å². The van der Waals surface area contributed by atoms with Crippen LogP contribution in [0.1, 0.15) is 52.0 Å². The number of ether oxygens (including phenoxy) is 1. The van der Waals surface area contributed by atoms with Gasteiger partial charge in [-0.15, -0.1) is 0 Å². The van der Waals surface area contributed by atoms with Gasteiger partial charge in [0.2, 0.25) is 5.88 Å². The molecule has 2 unspecified atom stereocenters. The van der Waals surface area contributed by atoms with Crippen molar-refractivity contribution in [1.29, 1.82) is 0 Å². The van der Waals surface area contributed by atoms with Crippen LogP contribution in [0.5, 0.6) is 5.88 Å². The number of hydrogen-bond acceptors (Lipinski definition) is 3. The summed E-state index contributed by atoms with van der Waals surface area (Å²) in [5.74, 6) is 2.21. The Morgan fingerprint density at radius 3 is 2.95 bits per heavy atom. The molecule has 1 aliphatic rings. The third-order valence-electron chi connectivity index (χ3n) is 3.93. The SMILES string of the molecule is CC(C)CNCc1cc(Br)cnc1OC1CCCC(C)C1. The maximum atomic E-state index is 6.20. The van der Waals surface area contributed by atoms with Crippen LogP contribution in [0.4, 0.5) is 0 Å². The molecule has 0 aromatic carbocycles. The van der Waals surface area contributed by atoms with E-state index in [2.05, 4.69) is 53.1 Å². The van der Waals surface area contributed by atoms with Crippen LogP contribution in [-0.4, -0.2) is 17.6 Å². The molecule has 0 radical (unpaired) electrons. The van der Waals surface area contributed by atoms with Crippen molar-refractivity contribution in [1.82, 2.24) is 10.3 Å². The fraction of sp³-hybridized carbons (Fsp3) is 0.706. The lowest BCUT2D eigenvalue weighted by molar-refractivity contribution is 0.122. The van der Waals surface area contributed by atoms with Crippen molar-refractivity contribution < 1.29 is 4.74 Å². The molecule has 1 aromatic rings. The zero-order valence-corrected chi connectivity index (χ0v) is 14.9. The molecule has 4 heteroatoms. The Morgan fingerprint density at radius 1 is 1.43 bits per heavy atom. The summed E-state index contributed by atoms with van der Waals surface area (Å²) in [5, 5.41) is 3.47. The van der Waals surface area contributed by atoms with Crippen LogP contribution >= 0.6 is 15.9 Å². The van der Waals surface area contributed by atoms with Gasteiger partial charge in [-0.2, -0.15) is 0 Å². The van der Waals surface area contributed by atoms with Crippen molar-refractivity contribution in [2.24, 2.45) is 11.8 Å². The number of pyridine rings is 1. The third-order valence-corrected chi connectivity index (χ3v) is 4.36. The molecule has 2 atom stereocenters. The Morgan fingerprint density at radius 2 is 2.24 bits per heavy atom. The second kappa shape index (κ2) is 8.14. The number of halogens is 1. The lowest BCUT2D eigenvalue weighted by Gasteiger charge is -2.27. The van der Waals surface area contributed by atoms with Gasteiger partial charge >= 0.3 is 0 Å². The van der Waals surface area contributed by atoms with Gasteiger partial charge in [0.25, 0.3) is 0 Å². The number of nitrogens with one attached hydrogen (secondary N) is 1. The Kier molecular flexibility index (Phi) is 6.49. The van der Waals surface area contributed by atoms with E-state index in [4.69, 9.17) is 4.74 Å². The van der Waals surface area contributed by atoms with Gasteiger partial charge in [0, 0.05) is 22.8 Å². The van der Waals surface area contributed by atoms with E-state index in [1.807, 2.05) is 6.20 Å². The van der Waals surface area contributed by atoms with Crippen molar-refractivity contribution in [3.63, 3.8) is 0 Å². The highest BCUT2D eigenvalue weighted by Crippen LogP contribution is 2.28. The van der Waals surface area contributed by atoms with Gasteiger partial charge in [-0.25, -0.2) is 4.98 Å². The van der Waals surface area contributed by atoms with Crippen molar-refractivity contribution in [2.45, 2.75) is 59.1 Å². The molecular formula is C17H27BrN2O. The van der Waals surface area contributed by atoms with Crippen LogP contribution < -0.4 is 10.1 Å². The monoisotopic (exact) mass is 354 g/mol. The lowest BCUT2D eigenvalue weighted by atomic mass is 9.89. The summed E-state index contributed by atoms with van der Waals surface area (Å²) in [6.07, 6.45) is 7.05. The highest BCUT2D eigenvalue weighted by atomic mass is 79.9. The molecular weight excluding hydrogens is 328 g/mol. The van der Waals surface area contributed by atoms with E-state index in [0.717, 1.165) is 47.8 Å². The van der Waals surface area contributed by atoms with Crippen LogP contribution in [0.15, 0.2) is 16.7 Å². The predicted octanol–water partition coefficient (Wildman–Crippen LogP) is 4.55. The second-order valence-electron chi connectivity index (χ2n) is 6.65. The quantitative estimate of drug-likeness (QED) is 0.813. The van der Waals surface area contributed by atoms with E-state index in [9.17, 15) is 0 Å². The molecule has 0 saturated heterocycles. The highest BCUT2D eigenvalue weighted by Gasteiger charge is 2.21. The molecule has 0 spiro atoms. The predicted molar refractivity (Wildman–Crippen MR) is 90.5 cm³/mol. The first-order chi connectivity index (χ1) is 10.0. The van der Waals surface area contributed by atoms with E-state index in [0.29, 0.717) is 12.0 Å². The van der Waals surface area contributed by atoms with Crippen molar-refractivity contribution in [3.05, 3.63) is 22.3 Å². The largest absolute Gasteiger partial charge is 0.474 e. The smallest absolute Gasteiger partial charge is 0.218 e. The van der Waals surface area contributed by atoms with E-state index >= 15 is 0 Å². The maximum Gasteiger partial charge on any atom is 0.218 e. The third kappa shape index (κ3) is 5.59. The van der Waals surface area contributed by atoms with Gasteiger partial charge in [0.1, 0.15) is 6.10 Å². The zero-order chi connectivity index (χ0) is 15.2. The molecule has 1 aliphatic carbocycles. The summed E-state index contributed by atoms with van der Waals surface area (Å²) in [6.45, 7) is 8.56. The average Bonchev–Trinajstić information content (AvgIpc) is 2.41. The van der Waals surface area contributed by atoms with E-state index in [1.165, 1.54) is 12.8 Å². The van der Waals surface area contributed by atoms with Gasteiger partial charge in [-0.05, 0) is 59.6 Å². The summed E-state index contributed by atoms with van der Waals surface area (Å²) in [6, 6.07) is 2.11. The minimum absolute atomic E-state index is 0.325. The first-order valence-corrected chi connectivity index (χ1v) is 8.85. The van der Waals surface area contributed by atoms with Gasteiger partial charge in [-0.1, -0.05) is 27.2 Å². The molecule has 1 saturated carbocycles. The zero-order valence-electron chi connectivity index (χ0n) is 13.4. The van der Waals surface area contributed by atoms with Gasteiger partial charge < -0.3 is 10.1 Å². The number of hydrogen-bond donors (Lipinski definition) is 1. The number of rotatable bonds is 6. The van der Waals surface area contributed by atoms with Crippen LogP contribution in [-0.2, 0) is 6.54 Å². The molecule has 1 aromatic heterocycles. The fourth-order valence-electron chi connectivity index (χ4n) is 2.84. The van der Waals surface area contributed by atoms with Crippen molar-refractivity contribution in [2.75, 3.05) is 6.54 Å². The standard InChI is InChI=1S/C17H27BrN2O/c1-12(2)9-19-10-14-8-15(18)11-20-17(14)21-16-6-4-5-13(3)7-16/h8,11-13,16,19H,4-7,9-10H2,1-3H3. The molecule has 0 bridgehead atoms. The second-order valence-corrected chi connectivity index (χ2v) is 7.57. The maximum absolute atomic E-state index is 6.20. The number of aromatic nitrogens is 1. The van der Waals surface area contributed by atoms with Crippen LogP contribution in [0.2, 0.25) is 0 Å². The molecule has 21 heavy (non-hydrogen) atoms. The normalized spacial score (nSPS) is 22.5. The first-order valence-electron chi connectivity index (χ1n) is 8.06. The molecule has 1 N–H and O–H groups in total. The molecule has 3 nitrogen and oxygen atoms in total. The Bertz CT molecular complexity index is 450. The van der Waals surface area contributed by atoms with Gasteiger partial charge in [-0.3, -0.25) is 0 Å². The van der Waals surface area contributed by atoms with E-state index < -0.39 is 0 Å². The summed E-state index contributed by atoms with van der Waals surface area (Å²) in [7, 11) is 0. The molecule has 1 heterocycles. The van der Waals surface area contributed by atoms with E-state index in [1.54, 1.807) is 0 Å². The molecule has 0 aliphatic heterocycles. The average molecular weight is 355 g/mol. The summed E-state index contributed by atoms with van der Waals surface area (Å²) in [4.78, 5) is 4.49.